The highest BCUT2D eigenvalue weighted by molar-refractivity contribution is 5.22. The van der Waals surface area contributed by atoms with Crippen molar-refractivity contribution in [2.45, 2.75) is 5.60 Å². The second-order valence-corrected chi connectivity index (χ2v) is 3.65. The van der Waals surface area contributed by atoms with Crippen LogP contribution in [0.2, 0.25) is 0 Å². The Hall–Kier alpha value is -0.940. The van der Waals surface area contributed by atoms with Gasteiger partial charge in [0.15, 0.2) is 0 Å². The van der Waals surface area contributed by atoms with Gasteiger partial charge in [0.05, 0.1) is 19.8 Å². The molecule has 0 saturated heterocycles. The Bertz CT molecular complexity index is 292. The molecule has 0 amide bonds. The number of hydrogen-bond donors (Lipinski definition) is 2. The minimum absolute atomic E-state index is 0.129. The highest BCUT2D eigenvalue weighted by Crippen LogP contribution is 2.19. The van der Waals surface area contributed by atoms with Crippen molar-refractivity contribution in [3.05, 3.63) is 35.9 Å². The van der Waals surface area contributed by atoms with Gasteiger partial charge in [-0.2, -0.15) is 0 Å². The Morgan fingerprint density at radius 3 is 2.50 bits per heavy atom. The summed E-state index contributed by atoms with van der Waals surface area (Å²) in [7, 11) is 1.61. The van der Waals surface area contributed by atoms with Crippen molar-refractivity contribution in [3.63, 3.8) is 0 Å². The molecule has 0 aliphatic carbocycles. The summed E-state index contributed by atoms with van der Waals surface area (Å²) in [6, 6.07) is 9.31. The number of nitrogens with two attached hydrogens (primary N) is 1. The maximum Gasteiger partial charge on any atom is 0.125 e. The first-order valence-corrected chi connectivity index (χ1v) is 5.27. The summed E-state index contributed by atoms with van der Waals surface area (Å²) in [5.74, 6) is 0. The molecule has 90 valence electrons. The van der Waals surface area contributed by atoms with Gasteiger partial charge < -0.3 is 20.3 Å². The molecule has 0 aliphatic heterocycles. The predicted molar refractivity (Wildman–Crippen MR) is 62.1 cm³/mol. The van der Waals surface area contributed by atoms with E-state index in [2.05, 4.69) is 0 Å². The summed E-state index contributed by atoms with van der Waals surface area (Å²) in [4.78, 5) is 0. The second kappa shape index (κ2) is 6.60. The Balaban J connectivity index is 2.56. The fourth-order valence-electron chi connectivity index (χ4n) is 1.39. The van der Waals surface area contributed by atoms with Crippen LogP contribution in [0.25, 0.3) is 0 Å². The summed E-state index contributed by atoms with van der Waals surface area (Å²) in [6.45, 7) is 1.27. The summed E-state index contributed by atoms with van der Waals surface area (Å²) >= 11 is 0. The fourth-order valence-corrected chi connectivity index (χ4v) is 1.39. The maximum absolute atomic E-state index is 10.3. The average molecular weight is 225 g/mol. The Morgan fingerprint density at radius 2 is 1.94 bits per heavy atom. The van der Waals surface area contributed by atoms with E-state index in [0.717, 1.165) is 5.56 Å². The van der Waals surface area contributed by atoms with Crippen LogP contribution in [-0.2, 0) is 15.1 Å². The van der Waals surface area contributed by atoms with E-state index in [1.54, 1.807) is 7.11 Å². The van der Waals surface area contributed by atoms with E-state index in [4.69, 9.17) is 15.2 Å². The van der Waals surface area contributed by atoms with Gasteiger partial charge >= 0.3 is 0 Å². The molecule has 0 radical (unpaired) electrons. The first-order valence-electron chi connectivity index (χ1n) is 5.27. The fraction of sp³-hybridized carbons (Fsp3) is 0.500. The minimum atomic E-state index is -1.12. The molecule has 0 bridgehead atoms. The number of methoxy groups -OCH3 is 1. The molecule has 1 rings (SSSR count). The molecule has 0 fully saturated rings. The van der Waals surface area contributed by atoms with Crippen molar-refractivity contribution in [1.82, 2.24) is 0 Å². The standard InChI is InChI=1S/C12H19NO3/c1-15-7-8-16-10-12(14,9-13)11-5-3-2-4-6-11/h2-6,14H,7-10,13H2,1H3. The van der Waals surface area contributed by atoms with Crippen LogP contribution in [-0.4, -0.2) is 38.6 Å². The number of ether oxygens (including phenoxy) is 2. The zero-order valence-electron chi connectivity index (χ0n) is 9.56. The number of hydrogen-bond acceptors (Lipinski definition) is 4. The molecule has 0 aliphatic rings. The zero-order chi connectivity index (χ0) is 11.9. The lowest BCUT2D eigenvalue weighted by atomic mass is 9.95. The molecule has 1 atom stereocenters. The lowest BCUT2D eigenvalue weighted by molar-refractivity contribution is -0.0537. The molecule has 4 heteroatoms. The van der Waals surface area contributed by atoms with Gasteiger partial charge in [-0.3, -0.25) is 0 Å². The van der Waals surface area contributed by atoms with E-state index < -0.39 is 5.60 Å². The predicted octanol–water partition coefficient (Wildman–Crippen LogP) is 0.496. The van der Waals surface area contributed by atoms with Crippen molar-refractivity contribution >= 4 is 0 Å². The first kappa shape index (κ1) is 13.1. The van der Waals surface area contributed by atoms with Crippen LogP contribution in [0.3, 0.4) is 0 Å². The summed E-state index contributed by atoms with van der Waals surface area (Å²) in [6.07, 6.45) is 0. The van der Waals surface area contributed by atoms with Crippen molar-refractivity contribution in [3.8, 4) is 0 Å². The molecule has 0 heterocycles. The average Bonchev–Trinajstić information content (AvgIpc) is 2.35. The van der Waals surface area contributed by atoms with Gasteiger partial charge in [0, 0.05) is 13.7 Å². The number of aliphatic hydroxyl groups is 1. The van der Waals surface area contributed by atoms with Crippen LogP contribution in [0.5, 0.6) is 0 Å². The third kappa shape index (κ3) is 3.57. The van der Waals surface area contributed by atoms with Gasteiger partial charge in [0.25, 0.3) is 0 Å². The van der Waals surface area contributed by atoms with Gasteiger partial charge in [-0.25, -0.2) is 0 Å². The van der Waals surface area contributed by atoms with Gasteiger partial charge in [-0.15, -0.1) is 0 Å². The lowest BCUT2D eigenvalue weighted by Gasteiger charge is -2.26. The van der Waals surface area contributed by atoms with Gasteiger partial charge in [0.2, 0.25) is 0 Å². The second-order valence-electron chi connectivity index (χ2n) is 3.65. The SMILES string of the molecule is COCCOCC(O)(CN)c1ccccc1. The van der Waals surface area contributed by atoms with E-state index in [1.807, 2.05) is 30.3 Å². The molecule has 0 saturated carbocycles. The van der Waals surface area contributed by atoms with Crippen molar-refractivity contribution < 1.29 is 14.6 Å². The van der Waals surface area contributed by atoms with E-state index in [-0.39, 0.29) is 13.2 Å². The molecule has 0 aromatic heterocycles. The zero-order valence-corrected chi connectivity index (χ0v) is 9.56. The smallest absolute Gasteiger partial charge is 0.125 e. The highest BCUT2D eigenvalue weighted by atomic mass is 16.5. The Kier molecular flexibility index (Phi) is 5.42. The molecule has 1 aromatic carbocycles. The van der Waals surface area contributed by atoms with E-state index in [9.17, 15) is 5.11 Å². The molecule has 1 unspecified atom stereocenters. The largest absolute Gasteiger partial charge is 0.382 e. The Morgan fingerprint density at radius 1 is 1.25 bits per heavy atom. The van der Waals surface area contributed by atoms with Gasteiger partial charge in [-0.05, 0) is 5.56 Å². The van der Waals surface area contributed by atoms with E-state index >= 15 is 0 Å². The van der Waals surface area contributed by atoms with Crippen molar-refractivity contribution in [2.24, 2.45) is 5.73 Å². The number of benzene rings is 1. The van der Waals surface area contributed by atoms with Crippen LogP contribution in [0, 0.1) is 0 Å². The van der Waals surface area contributed by atoms with Crippen LogP contribution in [0.15, 0.2) is 30.3 Å². The van der Waals surface area contributed by atoms with Crippen molar-refractivity contribution in [2.75, 3.05) is 33.5 Å². The summed E-state index contributed by atoms with van der Waals surface area (Å²) in [5, 5.41) is 10.3. The molecule has 4 nitrogen and oxygen atoms in total. The maximum atomic E-state index is 10.3. The molecule has 1 aromatic rings. The highest BCUT2D eigenvalue weighted by Gasteiger charge is 2.27. The number of rotatable bonds is 7. The summed E-state index contributed by atoms with van der Waals surface area (Å²) in [5.41, 5.74) is 5.25. The van der Waals surface area contributed by atoms with Crippen LogP contribution < -0.4 is 5.73 Å². The third-order valence-corrected chi connectivity index (χ3v) is 2.42. The van der Waals surface area contributed by atoms with E-state index in [1.165, 1.54) is 0 Å². The quantitative estimate of drug-likeness (QED) is 0.663. The lowest BCUT2D eigenvalue weighted by Crippen LogP contribution is -2.39. The molecule has 16 heavy (non-hydrogen) atoms. The monoisotopic (exact) mass is 225 g/mol. The van der Waals surface area contributed by atoms with Gasteiger partial charge in [-0.1, -0.05) is 30.3 Å². The van der Waals surface area contributed by atoms with Crippen LogP contribution in [0.1, 0.15) is 5.56 Å². The topological polar surface area (TPSA) is 64.7 Å². The normalized spacial score (nSPS) is 14.7. The minimum Gasteiger partial charge on any atom is -0.382 e. The summed E-state index contributed by atoms with van der Waals surface area (Å²) < 4.78 is 10.2. The van der Waals surface area contributed by atoms with Crippen molar-refractivity contribution in [1.29, 1.82) is 0 Å². The Labute approximate surface area is 96.0 Å². The van der Waals surface area contributed by atoms with Crippen LogP contribution in [0.4, 0.5) is 0 Å². The third-order valence-electron chi connectivity index (χ3n) is 2.42. The molecular formula is C12H19NO3. The van der Waals surface area contributed by atoms with E-state index in [0.29, 0.717) is 13.2 Å². The molecular weight excluding hydrogens is 206 g/mol. The molecule has 0 spiro atoms. The van der Waals surface area contributed by atoms with Gasteiger partial charge in [0.1, 0.15) is 5.60 Å². The first-order chi connectivity index (χ1) is 7.73. The van der Waals surface area contributed by atoms with Crippen LogP contribution >= 0.6 is 0 Å². The molecule has 3 N–H and O–H groups in total.